The molecule has 7 atom stereocenters. The lowest BCUT2D eigenvalue weighted by atomic mass is 9.46. The molecule has 2 saturated carbocycles. The van der Waals surface area contributed by atoms with Gasteiger partial charge in [-0.3, -0.25) is 14.4 Å². The summed E-state index contributed by atoms with van der Waals surface area (Å²) in [6, 6.07) is 1.76. The van der Waals surface area contributed by atoms with Crippen molar-refractivity contribution >= 4 is 17.9 Å². The number of furan rings is 1. The first-order valence-electron chi connectivity index (χ1n) is 9.94. The molecule has 0 spiro atoms. The van der Waals surface area contributed by atoms with E-state index in [0.717, 1.165) is 24.8 Å². The predicted molar refractivity (Wildman–Crippen MR) is 93.5 cm³/mol. The van der Waals surface area contributed by atoms with Crippen LogP contribution in [0.2, 0.25) is 0 Å². The van der Waals surface area contributed by atoms with Gasteiger partial charge < -0.3 is 18.6 Å². The van der Waals surface area contributed by atoms with E-state index in [1.165, 1.54) is 13.4 Å². The SMILES string of the molecule is COC(=O)[C@]1(C)CCC[C@H]2[C@H]1C[C@H]1OC(=O)[C@]23C[C@@H](c2ccoc2)OC(=O)[C@@H]13. The van der Waals surface area contributed by atoms with E-state index in [-0.39, 0.29) is 29.7 Å². The van der Waals surface area contributed by atoms with Crippen molar-refractivity contribution in [2.24, 2.45) is 28.6 Å². The lowest BCUT2D eigenvalue weighted by molar-refractivity contribution is -0.196. The molecule has 5 rings (SSSR count). The molecule has 0 radical (unpaired) electrons. The molecule has 2 saturated heterocycles. The maximum Gasteiger partial charge on any atom is 0.314 e. The van der Waals surface area contributed by atoms with Gasteiger partial charge >= 0.3 is 17.9 Å². The van der Waals surface area contributed by atoms with Crippen molar-refractivity contribution in [2.75, 3.05) is 7.11 Å². The van der Waals surface area contributed by atoms with Crippen LogP contribution in [0.5, 0.6) is 0 Å². The Morgan fingerprint density at radius 1 is 1.25 bits per heavy atom. The Balaban J connectivity index is 1.60. The Bertz CT molecular complexity index is 830. The molecule has 0 N–H and O–H groups in total. The second-order valence-corrected chi connectivity index (χ2v) is 8.90. The second kappa shape index (κ2) is 5.84. The normalized spacial score (nSPS) is 44.1. The molecule has 2 aliphatic carbocycles. The number of hydrogen-bond acceptors (Lipinski definition) is 7. The molecule has 4 fully saturated rings. The number of ether oxygens (including phenoxy) is 3. The summed E-state index contributed by atoms with van der Waals surface area (Å²) in [4.78, 5) is 38.9. The van der Waals surface area contributed by atoms with E-state index < -0.39 is 29.0 Å². The van der Waals surface area contributed by atoms with Crippen LogP contribution in [0.1, 0.15) is 50.7 Å². The first kappa shape index (κ1) is 17.8. The molecule has 7 nitrogen and oxygen atoms in total. The first-order valence-corrected chi connectivity index (χ1v) is 9.94. The Hall–Kier alpha value is -2.31. The highest BCUT2D eigenvalue weighted by Crippen LogP contribution is 2.67. The number of rotatable bonds is 2. The average Bonchev–Trinajstić information content (AvgIpc) is 3.28. The van der Waals surface area contributed by atoms with Gasteiger partial charge in [0, 0.05) is 12.0 Å². The van der Waals surface area contributed by atoms with E-state index in [4.69, 9.17) is 18.6 Å². The molecule has 0 unspecified atom stereocenters. The molecule has 0 aromatic carbocycles. The zero-order valence-electron chi connectivity index (χ0n) is 16.0. The van der Waals surface area contributed by atoms with Crippen molar-refractivity contribution in [2.45, 2.75) is 51.2 Å². The van der Waals surface area contributed by atoms with Gasteiger partial charge in [0.1, 0.15) is 18.1 Å². The highest BCUT2D eigenvalue weighted by Gasteiger charge is 2.74. The molecule has 28 heavy (non-hydrogen) atoms. The monoisotopic (exact) mass is 388 g/mol. The third kappa shape index (κ3) is 2.07. The zero-order valence-corrected chi connectivity index (χ0v) is 16.0. The van der Waals surface area contributed by atoms with E-state index in [0.29, 0.717) is 12.8 Å². The van der Waals surface area contributed by atoms with Crippen LogP contribution in [0, 0.1) is 28.6 Å². The number of hydrogen-bond donors (Lipinski definition) is 0. The third-order valence-electron chi connectivity index (χ3n) is 7.83. The minimum Gasteiger partial charge on any atom is -0.472 e. The summed E-state index contributed by atoms with van der Waals surface area (Å²) in [5, 5.41) is 0. The molecule has 2 aliphatic heterocycles. The number of cyclic esters (lactones) is 1. The van der Waals surface area contributed by atoms with Crippen LogP contribution >= 0.6 is 0 Å². The number of fused-ring (bicyclic) bond motifs is 1. The molecule has 150 valence electrons. The largest absolute Gasteiger partial charge is 0.472 e. The van der Waals surface area contributed by atoms with Crippen molar-refractivity contribution < 1.29 is 33.0 Å². The van der Waals surface area contributed by atoms with Crippen LogP contribution in [-0.4, -0.2) is 31.1 Å². The van der Waals surface area contributed by atoms with Crippen molar-refractivity contribution in [3.8, 4) is 0 Å². The summed E-state index contributed by atoms with van der Waals surface area (Å²) in [6.07, 6.45) is 5.20. The van der Waals surface area contributed by atoms with Crippen LogP contribution in [0.4, 0.5) is 0 Å². The Labute approximate surface area is 162 Å². The van der Waals surface area contributed by atoms with E-state index >= 15 is 0 Å². The molecule has 2 bridgehead atoms. The topological polar surface area (TPSA) is 92.0 Å². The van der Waals surface area contributed by atoms with Crippen LogP contribution in [0.25, 0.3) is 0 Å². The van der Waals surface area contributed by atoms with Crippen molar-refractivity contribution in [3.05, 3.63) is 24.2 Å². The molecule has 3 heterocycles. The van der Waals surface area contributed by atoms with Crippen LogP contribution in [0.3, 0.4) is 0 Å². The number of carbonyl (C=O) groups excluding carboxylic acids is 3. The summed E-state index contributed by atoms with van der Waals surface area (Å²) in [6.45, 7) is 1.94. The van der Waals surface area contributed by atoms with Crippen LogP contribution < -0.4 is 0 Å². The van der Waals surface area contributed by atoms with Gasteiger partial charge in [-0.2, -0.15) is 0 Å². The predicted octanol–water partition coefficient (Wildman–Crippen LogP) is 2.79. The number of esters is 3. The lowest BCUT2D eigenvalue weighted by Gasteiger charge is -2.55. The Kier molecular flexibility index (Phi) is 3.71. The summed E-state index contributed by atoms with van der Waals surface area (Å²) in [5.41, 5.74) is -0.874. The highest BCUT2D eigenvalue weighted by atomic mass is 16.6. The summed E-state index contributed by atoms with van der Waals surface area (Å²) in [7, 11) is 1.41. The van der Waals surface area contributed by atoms with Gasteiger partial charge in [0.05, 0.1) is 30.5 Å². The van der Waals surface area contributed by atoms with Gasteiger partial charge in [-0.15, -0.1) is 0 Å². The van der Waals surface area contributed by atoms with E-state index in [1.54, 1.807) is 12.3 Å². The second-order valence-electron chi connectivity index (χ2n) is 8.90. The molecule has 0 amide bonds. The molecular formula is C21H24O7. The van der Waals surface area contributed by atoms with E-state index in [1.807, 2.05) is 6.92 Å². The highest BCUT2D eigenvalue weighted by molar-refractivity contribution is 5.91. The maximum absolute atomic E-state index is 13.2. The van der Waals surface area contributed by atoms with Gasteiger partial charge in [-0.25, -0.2) is 0 Å². The molecule has 7 heteroatoms. The van der Waals surface area contributed by atoms with Gasteiger partial charge in [0.2, 0.25) is 0 Å². The fourth-order valence-corrected chi connectivity index (χ4v) is 6.57. The van der Waals surface area contributed by atoms with Crippen LogP contribution in [0.15, 0.2) is 23.0 Å². The summed E-state index contributed by atoms with van der Waals surface area (Å²) < 4.78 is 21.7. The molecule has 1 aromatic heterocycles. The Morgan fingerprint density at radius 2 is 2.07 bits per heavy atom. The number of methoxy groups -OCH3 is 1. The molecule has 1 aromatic rings. The van der Waals surface area contributed by atoms with Gasteiger partial charge in [-0.05, 0) is 44.1 Å². The minimum atomic E-state index is -0.944. The van der Waals surface area contributed by atoms with Gasteiger partial charge in [-0.1, -0.05) is 6.42 Å². The molecule has 4 aliphatic rings. The zero-order chi connectivity index (χ0) is 19.7. The van der Waals surface area contributed by atoms with Gasteiger partial charge in [0.25, 0.3) is 0 Å². The Morgan fingerprint density at radius 3 is 2.79 bits per heavy atom. The minimum absolute atomic E-state index is 0.0581. The van der Waals surface area contributed by atoms with E-state index in [2.05, 4.69) is 0 Å². The fraction of sp³-hybridized carbons (Fsp3) is 0.667. The molecular weight excluding hydrogens is 364 g/mol. The van der Waals surface area contributed by atoms with Crippen LogP contribution in [-0.2, 0) is 28.6 Å². The van der Waals surface area contributed by atoms with Gasteiger partial charge in [0.15, 0.2) is 0 Å². The average molecular weight is 388 g/mol. The maximum atomic E-state index is 13.2. The van der Waals surface area contributed by atoms with E-state index in [9.17, 15) is 14.4 Å². The lowest BCUT2D eigenvalue weighted by Crippen LogP contribution is -2.60. The fourth-order valence-electron chi connectivity index (χ4n) is 6.57. The third-order valence-corrected chi connectivity index (χ3v) is 7.83. The quantitative estimate of drug-likeness (QED) is 0.568. The van der Waals surface area contributed by atoms with Crippen molar-refractivity contribution in [1.82, 2.24) is 0 Å². The standard InChI is InChI=1S/C21H24O7/c1-20(18(23)25-2)6-3-4-12-13(20)8-14-16-17(22)27-15(11-5-7-26-10-11)9-21(12,16)19(24)28-14/h5,7,10,12-16H,3-4,6,8-9H2,1-2H3/t12-,13+,14+,15-,16+,20+,21+/m0/s1. The smallest absolute Gasteiger partial charge is 0.314 e. The first-order chi connectivity index (χ1) is 13.4. The summed E-state index contributed by atoms with van der Waals surface area (Å²) in [5.74, 6) is -1.69. The van der Waals surface area contributed by atoms with Crippen molar-refractivity contribution in [1.29, 1.82) is 0 Å². The number of carbonyl (C=O) groups is 3. The summed E-state index contributed by atoms with van der Waals surface area (Å²) >= 11 is 0. The van der Waals surface area contributed by atoms with Crippen molar-refractivity contribution in [3.63, 3.8) is 0 Å².